The average Bonchev–Trinajstić information content (AvgIpc) is 4.00. The fraction of sp³-hybridized carbons (Fsp3) is 0. The molecule has 262 valence electrons. The number of benzene rings is 8. The molecule has 0 aliphatic rings. The second kappa shape index (κ2) is 11.9. The fourth-order valence-corrected chi connectivity index (χ4v) is 9.03. The summed E-state index contributed by atoms with van der Waals surface area (Å²) in [5, 5.41) is 6.00. The van der Waals surface area contributed by atoms with Gasteiger partial charge in [0.15, 0.2) is 5.65 Å². The Labute approximate surface area is 322 Å². The Morgan fingerprint density at radius 2 is 0.768 bits per heavy atom. The van der Waals surface area contributed by atoms with Crippen LogP contribution in [0.1, 0.15) is 0 Å². The van der Waals surface area contributed by atoms with Crippen LogP contribution in [0, 0.1) is 0 Å². The minimum Gasteiger partial charge on any atom is -0.309 e. The van der Waals surface area contributed by atoms with E-state index < -0.39 is 0 Å². The predicted octanol–water partition coefficient (Wildman–Crippen LogP) is 12.8. The molecule has 0 amide bonds. The van der Waals surface area contributed by atoms with Crippen LogP contribution in [0.2, 0.25) is 0 Å². The third-order valence-electron chi connectivity index (χ3n) is 11.3. The van der Waals surface area contributed by atoms with Gasteiger partial charge in [-0.25, -0.2) is 4.98 Å². The van der Waals surface area contributed by atoms with E-state index in [1.807, 2.05) is 0 Å². The van der Waals surface area contributed by atoms with Gasteiger partial charge in [-0.2, -0.15) is 0 Å². The first-order chi connectivity index (χ1) is 27.8. The molecule has 5 heteroatoms. The standard InChI is InChI=1S/C51H33N5/c1-5-17-34(18-6-1)50-52-51-49(56(50)37-23-11-4-12-24-37)42-31-30-41-39-25-13-16-28-45(39)54(47(41)48(42)55(51)36-21-9-3-10-22-36)38-29-32-46-43(33-38)40-26-14-15-27-44(40)53(46)35-19-7-2-8-20-35/h1-33H. The molecule has 0 saturated carbocycles. The van der Waals surface area contributed by atoms with Crippen LogP contribution >= 0.6 is 0 Å². The third-order valence-corrected chi connectivity index (χ3v) is 11.3. The molecule has 56 heavy (non-hydrogen) atoms. The first-order valence-electron chi connectivity index (χ1n) is 19.1. The van der Waals surface area contributed by atoms with Gasteiger partial charge in [-0.15, -0.1) is 0 Å². The molecular weight excluding hydrogens is 683 g/mol. The van der Waals surface area contributed by atoms with Gasteiger partial charge in [-0.1, -0.05) is 127 Å². The van der Waals surface area contributed by atoms with Crippen LogP contribution in [-0.2, 0) is 0 Å². The molecule has 12 rings (SSSR count). The largest absolute Gasteiger partial charge is 0.309 e. The van der Waals surface area contributed by atoms with Crippen molar-refractivity contribution in [3.63, 3.8) is 0 Å². The summed E-state index contributed by atoms with van der Waals surface area (Å²) in [7, 11) is 0. The summed E-state index contributed by atoms with van der Waals surface area (Å²) in [5.41, 5.74) is 13.3. The van der Waals surface area contributed by atoms with Crippen molar-refractivity contribution in [1.82, 2.24) is 23.3 Å². The molecule has 0 saturated heterocycles. The Kier molecular flexibility index (Phi) is 6.56. The highest BCUT2D eigenvalue weighted by molar-refractivity contribution is 6.23. The number of aromatic nitrogens is 5. The van der Waals surface area contributed by atoms with Crippen LogP contribution in [0.25, 0.3) is 99.8 Å². The van der Waals surface area contributed by atoms with Crippen molar-refractivity contribution in [3.05, 3.63) is 200 Å². The molecule has 0 fully saturated rings. The Morgan fingerprint density at radius 3 is 1.43 bits per heavy atom. The van der Waals surface area contributed by atoms with Gasteiger partial charge < -0.3 is 9.13 Å². The molecule has 8 aromatic carbocycles. The van der Waals surface area contributed by atoms with Crippen molar-refractivity contribution in [1.29, 1.82) is 0 Å². The number of hydrogen-bond donors (Lipinski definition) is 0. The first kappa shape index (κ1) is 30.8. The van der Waals surface area contributed by atoms with Gasteiger partial charge in [0.1, 0.15) is 11.3 Å². The van der Waals surface area contributed by atoms with Gasteiger partial charge in [0, 0.05) is 55.2 Å². The summed E-state index contributed by atoms with van der Waals surface area (Å²) in [6.07, 6.45) is 0. The van der Waals surface area contributed by atoms with Crippen molar-refractivity contribution in [3.8, 4) is 34.1 Å². The number of fused-ring (bicyclic) bond motifs is 10. The van der Waals surface area contributed by atoms with E-state index in [4.69, 9.17) is 4.98 Å². The lowest BCUT2D eigenvalue weighted by molar-refractivity contribution is 1.09. The molecule has 0 aliphatic heterocycles. The maximum absolute atomic E-state index is 5.56. The van der Waals surface area contributed by atoms with E-state index in [9.17, 15) is 0 Å². The zero-order valence-corrected chi connectivity index (χ0v) is 30.3. The van der Waals surface area contributed by atoms with Gasteiger partial charge in [0.25, 0.3) is 0 Å². The quantitative estimate of drug-likeness (QED) is 0.175. The summed E-state index contributed by atoms with van der Waals surface area (Å²) in [4.78, 5) is 5.56. The maximum atomic E-state index is 5.56. The summed E-state index contributed by atoms with van der Waals surface area (Å²) in [5.74, 6) is 0.911. The molecule has 0 unspecified atom stereocenters. The molecule has 0 atom stereocenters. The van der Waals surface area contributed by atoms with Crippen LogP contribution in [0.3, 0.4) is 0 Å². The molecule has 12 aromatic rings. The van der Waals surface area contributed by atoms with E-state index in [1.54, 1.807) is 0 Å². The smallest absolute Gasteiger partial charge is 0.165 e. The number of hydrogen-bond acceptors (Lipinski definition) is 1. The summed E-state index contributed by atoms with van der Waals surface area (Å²) < 4.78 is 9.58. The Hall–Kier alpha value is -7.63. The molecule has 4 aromatic heterocycles. The fourth-order valence-electron chi connectivity index (χ4n) is 9.03. The van der Waals surface area contributed by atoms with Crippen LogP contribution in [0.5, 0.6) is 0 Å². The van der Waals surface area contributed by atoms with Crippen LogP contribution < -0.4 is 0 Å². The molecule has 0 aliphatic carbocycles. The second-order valence-electron chi connectivity index (χ2n) is 14.4. The van der Waals surface area contributed by atoms with Crippen molar-refractivity contribution < 1.29 is 0 Å². The van der Waals surface area contributed by atoms with E-state index in [-0.39, 0.29) is 0 Å². The number of imidazole rings is 1. The van der Waals surface area contributed by atoms with Gasteiger partial charge in [-0.05, 0) is 72.8 Å². The minimum absolute atomic E-state index is 0.911. The first-order valence-corrected chi connectivity index (χ1v) is 19.1. The summed E-state index contributed by atoms with van der Waals surface area (Å²) >= 11 is 0. The lowest BCUT2D eigenvalue weighted by Crippen LogP contribution is -2.00. The van der Waals surface area contributed by atoms with Crippen LogP contribution in [0.15, 0.2) is 200 Å². The van der Waals surface area contributed by atoms with Gasteiger partial charge in [0.2, 0.25) is 0 Å². The summed E-state index contributed by atoms with van der Waals surface area (Å²) in [6, 6.07) is 71.7. The van der Waals surface area contributed by atoms with Gasteiger partial charge in [-0.3, -0.25) is 9.13 Å². The van der Waals surface area contributed by atoms with Gasteiger partial charge in [0.05, 0.1) is 27.6 Å². The maximum Gasteiger partial charge on any atom is 0.165 e. The highest BCUT2D eigenvalue weighted by Crippen LogP contribution is 2.44. The van der Waals surface area contributed by atoms with Crippen molar-refractivity contribution in [2.75, 3.05) is 0 Å². The molecule has 4 heterocycles. The number of para-hydroxylation sites is 5. The van der Waals surface area contributed by atoms with E-state index in [1.165, 1.54) is 32.6 Å². The average molecular weight is 716 g/mol. The predicted molar refractivity (Wildman–Crippen MR) is 232 cm³/mol. The Bertz CT molecular complexity index is 3440. The van der Waals surface area contributed by atoms with E-state index in [2.05, 4.69) is 218 Å². The second-order valence-corrected chi connectivity index (χ2v) is 14.4. The molecule has 0 N–H and O–H groups in total. The Morgan fingerprint density at radius 1 is 0.286 bits per heavy atom. The van der Waals surface area contributed by atoms with Gasteiger partial charge >= 0.3 is 0 Å². The highest BCUT2D eigenvalue weighted by atomic mass is 15.2. The van der Waals surface area contributed by atoms with Crippen LogP contribution in [-0.4, -0.2) is 23.3 Å². The lowest BCUT2D eigenvalue weighted by atomic mass is 10.1. The summed E-state index contributed by atoms with van der Waals surface area (Å²) in [6.45, 7) is 0. The number of rotatable bonds is 5. The van der Waals surface area contributed by atoms with Crippen molar-refractivity contribution in [2.24, 2.45) is 0 Å². The van der Waals surface area contributed by atoms with E-state index >= 15 is 0 Å². The zero-order valence-electron chi connectivity index (χ0n) is 30.3. The monoisotopic (exact) mass is 715 g/mol. The zero-order chi connectivity index (χ0) is 36.7. The Balaban J connectivity index is 1.25. The molecular formula is C51H33N5. The molecule has 0 bridgehead atoms. The normalized spacial score (nSPS) is 11.9. The third kappa shape index (κ3) is 4.34. The topological polar surface area (TPSA) is 32.6 Å². The van der Waals surface area contributed by atoms with Crippen LogP contribution in [0.4, 0.5) is 0 Å². The SMILES string of the molecule is c1ccc(-c2nc3c(c4ccc5c6ccccc6n(-c6ccc7c(c6)c6ccccc6n7-c6ccccc6)c5c4n3-c3ccccc3)n2-c2ccccc2)cc1. The van der Waals surface area contributed by atoms with Crippen molar-refractivity contribution in [2.45, 2.75) is 0 Å². The van der Waals surface area contributed by atoms with Crippen molar-refractivity contribution >= 4 is 65.7 Å². The molecule has 0 radical (unpaired) electrons. The lowest BCUT2D eigenvalue weighted by Gasteiger charge is -2.13. The molecule has 0 spiro atoms. The minimum atomic E-state index is 0.911. The number of nitrogens with zero attached hydrogens (tertiary/aromatic N) is 5. The van der Waals surface area contributed by atoms with E-state index in [0.717, 1.165) is 67.2 Å². The molecule has 5 nitrogen and oxygen atoms in total. The van der Waals surface area contributed by atoms with E-state index in [0.29, 0.717) is 0 Å². The highest BCUT2D eigenvalue weighted by Gasteiger charge is 2.27.